The molecule has 0 amide bonds. The fourth-order valence-electron chi connectivity index (χ4n) is 2.93. The zero-order valence-electron chi connectivity index (χ0n) is 12.5. The highest BCUT2D eigenvalue weighted by Crippen LogP contribution is 2.30. The standard InChI is InChI=1S/C17H16ClN3OS/c18-14-3-1-2-4-15(14)22-12-5-8-21(9-6-12)16-13-7-10-23-17(13)20-11-19-16/h1-4,7,10-12H,5-6,8-9H2. The molecule has 1 fully saturated rings. The van der Waals surface area contributed by atoms with E-state index >= 15 is 0 Å². The summed E-state index contributed by atoms with van der Waals surface area (Å²) in [6.45, 7) is 1.86. The monoisotopic (exact) mass is 345 g/mol. The van der Waals surface area contributed by atoms with Gasteiger partial charge < -0.3 is 9.64 Å². The molecule has 0 spiro atoms. The van der Waals surface area contributed by atoms with Gasteiger partial charge in [0.15, 0.2) is 0 Å². The van der Waals surface area contributed by atoms with Gasteiger partial charge >= 0.3 is 0 Å². The van der Waals surface area contributed by atoms with Crippen LogP contribution in [0, 0.1) is 0 Å². The van der Waals surface area contributed by atoms with E-state index in [9.17, 15) is 0 Å². The Bertz CT molecular complexity index is 814. The number of para-hydroxylation sites is 1. The lowest BCUT2D eigenvalue weighted by Gasteiger charge is -2.33. The maximum atomic E-state index is 6.17. The van der Waals surface area contributed by atoms with Crippen LogP contribution in [-0.4, -0.2) is 29.2 Å². The number of fused-ring (bicyclic) bond motifs is 1. The van der Waals surface area contributed by atoms with Crippen LogP contribution in [0.1, 0.15) is 12.8 Å². The lowest BCUT2D eigenvalue weighted by Crippen LogP contribution is -2.38. The highest BCUT2D eigenvalue weighted by Gasteiger charge is 2.23. The molecule has 23 heavy (non-hydrogen) atoms. The molecule has 0 unspecified atom stereocenters. The van der Waals surface area contributed by atoms with E-state index in [1.54, 1.807) is 17.7 Å². The summed E-state index contributed by atoms with van der Waals surface area (Å²) < 4.78 is 6.05. The number of piperidine rings is 1. The van der Waals surface area contributed by atoms with Gasteiger partial charge in [0.1, 0.15) is 28.8 Å². The van der Waals surface area contributed by atoms with E-state index in [0.29, 0.717) is 5.02 Å². The van der Waals surface area contributed by atoms with E-state index in [4.69, 9.17) is 16.3 Å². The Hall–Kier alpha value is -1.85. The molecule has 4 rings (SSSR count). The molecule has 4 nitrogen and oxygen atoms in total. The third kappa shape index (κ3) is 2.99. The molecule has 0 radical (unpaired) electrons. The second-order valence-corrected chi connectivity index (χ2v) is 6.87. The summed E-state index contributed by atoms with van der Waals surface area (Å²) in [7, 11) is 0. The van der Waals surface area contributed by atoms with Crippen molar-refractivity contribution in [3.05, 3.63) is 47.1 Å². The maximum Gasteiger partial charge on any atom is 0.140 e. The summed E-state index contributed by atoms with van der Waals surface area (Å²) >= 11 is 7.82. The fraction of sp³-hybridized carbons (Fsp3) is 0.294. The van der Waals surface area contributed by atoms with Crippen molar-refractivity contribution < 1.29 is 4.74 Å². The molecule has 0 N–H and O–H groups in total. The largest absolute Gasteiger partial charge is 0.489 e. The molecule has 0 atom stereocenters. The summed E-state index contributed by atoms with van der Waals surface area (Å²) in [5, 5.41) is 3.88. The minimum Gasteiger partial charge on any atom is -0.489 e. The summed E-state index contributed by atoms with van der Waals surface area (Å²) in [6.07, 6.45) is 3.77. The second-order valence-electron chi connectivity index (χ2n) is 5.57. The van der Waals surface area contributed by atoms with Crippen LogP contribution < -0.4 is 9.64 Å². The number of benzene rings is 1. The second kappa shape index (κ2) is 6.34. The van der Waals surface area contributed by atoms with Crippen molar-refractivity contribution in [2.45, 2.75) is 18.9 Å². The van der Waals surface area contributed by atoms with Crippen LogP contribution in [0.4, 0.5) is 5.82 Å². The van der Waals surface area contributed by atoms with Crippen LogP contribution in [0.2, 0.25) is 5.02 Å². The van der Waals surface area contributed by atoms with Crippen LogP contribution in [-0.2, 0) is 0 Å². The smallest absolute Gasteiger partial charge is 0.140 e. The first-order chi connectivity index (χ1) is 11.3. The quantitative estimate of drug-likeness (QED) is 0.705. The Morgan fingerprint density at radius 2 is 1.96 bits per heavy atom. The molecular weight excluding hydrogens is 330 g/mol. The molecule has 1 aliphatic rings. The lowest BCUT2D eigenvalue weighted by atomic mass is 10.1. The Labute approximate surface area is 143 Å². The third-order valence-electron chi connectivity index (χ3n) is 4.11. The lowest BCUT2D eigenvalue weighted by molar-refractivity contribution is 0.171. The molecule has 2 aromatic heterocycles. The average Bonchev–Trinajstić information content (AvgIpc) is 3.06. The van der Waals surface area contributed by atoms with Gasteiger partial charge in [-0.05, 0) is 23.6 Å². The van der Waals surface area contributed by atoms with Gasteiger partial charge in [0, 0.05) is 25.9 Å². The average molecular weight is 346 g/mol. The highest BCUT2D eigenvalue weighted by atomic mass is 35.5. The first kappa shape index (κ1) is 14.7. The number of thiophene rings is 1. The molecule has 3 heterocycles. The molecule has 6 heteroatoms. The normalized spacial score (nSPS) is 16.0. The van der Waals surface area contributed by atoms with Gasteiger partial charge in [0.2, 0.25) is 0 Å². The van der Waals surface area contributed by atoms with Crippen molar-refractivity contribution in [1.82, 2.24) is 9.97 Å². The third-order valence-corrected chi connectivity index (χ3v) is 5.25. The highest BCUT2D eigenvalue weighted by molar-refractivity contribution is 7.16. The van der Waals surface area contributed by atoms with Gasteiger partial charge in [-0.2, -0.15) is 0 Å². The molecule has 0 aliphatic carbocycles. The zero-order chi connectivity index (χ0) is 15.6. The van der Waals surface area contributed by atoms with Crippen molar-refractivity contribution >= 4 is 39.0 Å². The summed E-state index contributed by atoms with van der Waals surface area (Å²) in [5.41, 5.74) is 0. The van der Waals surface area contributed by atoms with E-state index in [2.05, 4.69) is 26.3 Å². The minimum atomic E-state index is 0.200. The van der Waals surface area contributed by atoms with Crippen LogP contribution in [0.15, 0.2) is 42.0 Å². The van der Waals surface area contributed by atoms with E-state index in [1.165, 1.54) is 0 Å². The fourth-order valence-corrected chi connectivity index (χ4v) is 3.84. The Morgan fingerprint density at radius 3 is 2.78 bits per heavy atom. The number of ether oxygens (including phenoxy) is 1. The Balaban J connectivity index is 1.45. The summed E-state index contributed by atoms with van der Waals surface area (Å²) in [5.74, 6) is 1.81. The number of hydrogen-bond donors (Lipinski definition) is 0. The SMILES string of the molecule is Clc1ccccc1OC1CCN(c2ncnc3sccc23)CC1. The van der Waals surface area contributed by atoms with E-state index in [1.807, 2.05) is 24.3 Å². The summed E-state index contributed by atoms with van der Waals surface area (Å²) in [6, 6.07) is 9.75. The molecule has 0 saturated carbocycles. The number of anilines is 1. The van der Waals surface area contributed by atoms with Crippen LogP contribution in [0.25, 0.3) is 10.2 Å². The predicted octanol–water partition coefficient (Wildman–Crippen LogP) is 4.39. The van der Waals surface area contributed by atoms with E-state index in [0.717, 1.165) is 47.7 Å². The molecule has 1 aliphatic heterocycles. The predicted molar refractivity (Wildman–Crippen MR) is 94.7 cm³/mol. The van der Waals surface area contributed by atoms with Gasteiger partial charge in [-0.3, -0.25) is 0 Å². The molecule has 1 saturated heterocycles. The number of halogens is 1. The van der Waals surface area contributed by atoms with Crippen LogP contribution in [0.3, 0.4) is 0 Å². The van der Waals surface area contributed by atoms with Gasteiger partial charge in [-0.1, -0.05) is 23.7 Å². The number of hydrogen-bond acceptors (Lipinski definition) is 5. The van der Waals surface area contributed by atoms with Crippen molar-refractivity contribution in [3.8, 4) is 5.75 Å². The summed E-state index contributed by atoms with van der Waals surface area (Å²) in [4.78, 5) is 12.2. The Kier molecular flexibility index (Phi) is 4.06. The van der Waals surface area contributed by atoms with Gasteiger partial charge in [0.25, 0.3) is 0 Å². The van der Waals surface area contributed by atoms with Gasteiger partial charge in [-0.15, -0.1) is 11.3 Å². The number of nitrogens with zero attached hydrogens (tertiary/aromatic N) is 3. The zero-order valence-corrected chi connectivity index (χ0v) is 14.1. The van der Waals surface area contributed by atoms with Crippen molar-refractivity contribution in [1.29, 1.82) is 0 Å². The molecule has 118 valence electrons. The Morgan fingerprint density at radius 1 is 1.13 bits per heavy atom. The minimum absolute atomic E-state index is 0.200. The van der Waals surface area contributed by atoms with Crippen LogP contribution >= 0.6 is 22.9 Å². The first-order valence-corrected chi connectivity index (χ1v) is 8.91. The number of rotatable bonds is 3. The topological polar surface area (TPSA) is 38.2 Å². The molecular formula is C17H16ClN3OS. The number of aromatic nitrogens is 2. The molecule has 3 aromatic rings. The van der Waals surface area contributed by atoms with Gasteiger partial charge in [0.05, 0.1) is 10.4 Å². The maximum absolute atomic E-state index is 6.17. The van der Waals surface area contributed by atoms with Gasteiger partial charge in [-0.25, -0.2) is 9.97 Å². The molecule has 1 aromatic carbocycles. The van der Waals surface area contributed by atoms with Crippen molar-refractivity contribution in [3.63, 3.8) is 0 Å². The van der Waals surface area contributed by atoms with E-state index in [-0.39, 0.29) is 6.10 Å². The van der Waals surface area contributed by atoms with Crippen molar-refractivity contribution in [2.24, 2.45) is 0 Å². The molecule has 0 bridgehead atoms. The van der Waals surface area contributed by atoms with Crippen LogP contribution in [0.5, 0.6) is 5.75 Å². The van der Waals surface area contributed by atoms with E-state index < -0.39 is 0 Å². The van der Waals surface area contributed by atoms with Crippen molar-refractivity contribution in [2.75, 3.05) is 18.0 Å². The first-order valence-electron chi connectivity index (χ1n) is 7.65.